The van der Waals surface area contributed by atoms with Gasteiger partial charge in [0.2, 0.25) is 0 Å². The van der Waals surface area contributed by atoms with Crippen LogP contribution < -0.4 is 20.1 Å². The molecule has 1 saturated heterocycles. The number of benzene rings is 2. The molecule has 1 fully saturated rings. The fourth-order valence-corrected chi connectivity index (χ4v) is 3.81. The molecule has 2 aromatic rings. The zero-order chi connectivity index (χ0) is 22.0. The predicted molar refractivity (Wildman–Crippen MR) is 119 cm³/mol. The van der Waals surface area contributed by atoms with Gasteiger partial charge >= 0.3 is 6.03 Å². The zero-order valence-corrected chi connectivity index (χ0v) is 19.8. The number of hydrogen-bond acceptors (Lipinski definition) is 5. The monoisotopic (exact) mass is 576 g/mol. The smallest absolute Gasteiger partial charge is 0.328 e. The number of hydrogen-bond donors (Lipinski definition) is 2. The van der Waals surface area contributed by atoms with Crippen LogP contribution in [0.25, 0.3) is 6.08 Å². The fraction of sp³-hybridized carbons (Fsp3) is 0.105. The molecule has 0 radical (unpaired) electrons. The van der Waals surface area contributed by atoms with Crippen molar-refractivity contribution in [2.45, 2.75) is 6.61 Å². The Kier molecular flexibility index (Phi) is 7.07. The Morgan fingerprint density at radius 1 is 1.00 bits per heavy atom. The summed E-state index contributed by atoms with van der Waals surface area (Å²) in [5, 5.41) is 4.89. The number of imide groups is 2. The van der Waals surface area contributed by atoms with Gasteiger partial charge < -0.3 is 9.47 Å². The van der Waals surface area contributed by atoms with Gasteiger partial charge in [-0.1, -0.05) is 29.3 Å². The number of carbonyl (C=O) groups excluding carboxylic acids is 3. The minimum absolute atomic E-state index is 0.186. The molecule has 11 heteroatoms. The quantitative estimate of drug-likeness (QED) is 0.391. The maximum absolute atomic E-state index is 12.0. The van der Waals surface area contributed by atoms with Crippen LogP contribution in [0.2, 0.25) is 10.0 Å². The van der Waals surface area contributed by atoms with Crippen molar-refractivity contribution < 1.29 is 23.9 Å². The van der Waals surface area contributed by atoms with Crippen LogP contribution >= 0.6 is 55.1 Å². The number of barbiturate groups is 1. The summed E-state index contributed by atoms with van der Waals surface area (Å²) in [6.45, 7) is 0.186. The van der Waals surface area contributed by atoms with Crippen molar-refractivity contribution in [2.24, 2.45) is 0 Å². The highest BCUT2D eigenvalue weighted by atomic mass is 79.9. The van der Waals surface area contributed by atoms with E-state index in [9.17, 15) is 14.4 Å². The van der Waals surface area contributed by atoms with Gasteiger partial charge in [-0.05, 0) is 67.3 Å². The zero-order valence-electron chi connectivity index (χ0n) is 15.1. The van der Waals surface area contributed by atoms with E-state index in [1.54, 1.807) is 24.3 Å². The van der Waals surface area contributed by atoms with Crippen molar-refractivity contribution in [3.8, 4) is 11.5 Å². The molecule has 7 nitrogen and oxygen atoms in total. The maximum atomic E-state index is 12.0. The van der Waals surface area contributed by atoms with Crippen LogP contribution in [0.1, 0.15) is 11.1 Å². The summed E-state index contributed by atoms with van der Waals surface area (Å²) in [7, 11) is 1.46. The third-order valence-electron chi connectivity index (χ3n) is 3.99. The first kappa shape index (κ1) is 22.6. The van der Waals surface area contributed by atoms with E-state index < -0.39 is 17.8 Å². The molecule has 0 atom stereocenters. The summed E-state index contributed by atoms with van der Waals surface area (Å²) in [4.78, 5) is 35.2. The molecular formula is C19H12Br2Cl2N2O5. The second-order valence-electron chi connectivity index (χ2n) is 5.96. The summed E-state index contributed by atoms with van der Waals surface area (Å²) in [6.07, 6.45) is 1.33. The maximum Gasteiger partial charge on any atom is 0.328 e. The number of halogens is 4. The molecule has 4 amide bonds. The Labute approximate surface area is 198 Å². The van der Waals surface area contributed by atoms with Gasteiger partial charge in [0.1, 0.15) is 12.2 Å². The Morgan fingerprint density at radius 3 is 2.27 bits per heavy atom. The Hall–Kier alpha value is -2.07. The molecule has 1 aliphatic heterocycles. The van der Waals surface area contributed by atoms with Gasteiger partial charge in [-0.2, -0.15) is 0 Å². The van der Waals surface area contributed by atoms with Gasteiger partial charge in [0.05, 0.1) is 21.6 Å². The molecule has 30 heavy (non-hydrogen) atoms. The molecule has 0 aromatic heterocycles. The average Bonchev–Trinajstić information content (AvgIpc) is 2.69. The highest BCUT2D eigenvalue weighted by Gasteiger charge is 2.28. The molecule has 1 aliphatic rings. The Balaban J connectivity index is 1.94. The molecule has 2 N–H and O–H groups in total. The molecule has 2 aromatic carbocycles. The highest BCUT2D eigenvalue weighted by Crippen LogP contribution is 2.44. The van der Waals surface area contributed by atoms with E-state index in [4.69, 9.17) is 32.7 Å². The van der Waals surface area contributed by atoms with Crippen molar-refractivity contribution in [1.82, 2.24) is 10.6 Å². The van der Waals surface area contributed by atoms with E-state index in [2.05, 4.69) is 31.9 Å². The van der Waals surface area contributed by atoms with Crippen LogP contribution in [-0.2, 0) is 16.2 Å². The molecule has 0 unspecified atom stereocenters. The first-order valence-electron chi connectivity index (χ1n) is 8.22. The predicted octanol–water partition coefficient (Wildman–Crippen LogP) is 4.86. The van der Waals surface area contributed by atoms with Crippen LogP contribution in [0, 0.1) is 0 Å². The summed E-state index contributed by atoms with van der Waals surface area (Å²) in [5.41, 5.74) is 1.02. The van der Waals surface area contributed by atoms with E-state index in [-0.39, 0.29) is 12.2 Å². The van der Waals surface area contributed by atoms with Gasteiger partial charge in [-0.15, -0.1) is 0 Å². The molecule has 0 saturated carbocycles. The van der Waals surface area contributed by atoms with Crippen molar-refractivity contribution in [3.05, 3.63) is 60.0 Å². The lowest BCUT2D eigenvalue weighted by Crippen LogP contribution is -2.51. The summed E-state index contributed by atoms with van der Waals surface area (Å²) in [6, 6.07) is 5.86. The molecule has 0 bridgehead atoms. The van der Waals surface area contributed by atoms with E-state index in [1.165, 1.54) is 13.2 Å². The first-order chi connectivity index (χ1) is 14.2. The Bertz CT molecular complexity index is 1080. The van der Waals surface area contributed by atoms with Crippen LogP contribution in [0.4, 0.5) is 4.79 Å². The molecule has 3 rings (SSSR count). The van der Waals surface area contributed by atoms with Crippen molar-refractivity contribution in [3.63, 3.8) is 0 Å². The second-order valence-corrected chi connectivity index (χ2v) is 8.36. The molecule has 156 valence electrons. The topological polar surface area (TPSA) is 93.7 Å². The van der Waals surface area contributed by atoms with Crippen LogP contribution in [0.5, 0.6) is 11.5 Å². The number of carbonyl (C=O) groups is 3. The van der Waals surface area contributed by atoms with Gasteiger partial charge in [0.25, 0.3) is 11.8 Å². The normalized spacial score (nSPS) is 13.6. The van der Waals surface area contributed by atoms with E-state index in [1.807, 2.05) is 10.6 Å². The summed E-state index contributed by atoms with van der Waals surface area (Å²) < 4.78 is 12.3. The number of rotatable bonds is 5. The van der Waals surface area contributed by atoms with Crippen molar-refractivity contribution in [1.29, 1.82) is 0 Å². The third-order valence-corrected chi connectivity index (χ3v) is 6.87. The number of urea groups is 1. The summed E-state index contributed by atoms with van der Waals surface area (Å²) >= 11 is 18.8. The summed E-state index contributed by atoms with van der Waals surface area (Å²) in [5.74, 6) is -0.855. The van der Waals surface area contributed by atoms with Gasteiger partial charge in [-0.25, -0.2) is 4.79 Å². The third kappa shape index (κ3) is 4.80. The lowest BCUT2D eigenvalue weighted by Gasteiger charge is -2.17. The van der Waals surface area contributed by atoms with E-state index in [0.29, 0.717) is 36.1 Å². The standard InChI is InChI=1S/C19H12Br2Cl2N2O5/c1-29-13-6-9(5-10-17(26)24-19(28)25-18(10)27)14(20)15(21)16(13)30-7-8-2-3-11(22)12(23)4-8/h2-6H,7H2,1H3,(H2,24,25,26,27,28). The number of methoxy groups -OCH3 is 1. The van der Waals surface area contributed by atoms with Crippen LogP contribution in [0.15, 0.2) is 38.8 Å². The molecular weight excluding hydrogens is 567 g/mol. The van der Waals surface area contributed by atoms with Gasteiger partial charge in [-0.3, -0.25) is 20.2 Å². The Morgan fingerprint density at radius 2 is 1.67 bits per heavy atom. The van der Waals surface area contributed by atoms with Crippen LogP contribution in [-0.4, -0.2) is 25.0 Å². The van der Waals surface area contributed by atoms with E-state index in [0.717, 1.165) is 5.56 Å². The highest BCUT2D eigenvalue weighted by molar-refractivity contribution is 9.13. The van der Waals surface area contributed by atoms with Crippen LogP contribution in [0.3, 0.4) is 0 Å². The lowest BCUT2D eigenvalue weighted by atomic mass is 10.1. The number of ether oxygens (including phenoxy) is 2. The average molecular weight is 579 g/mol. The molecule has 1 heterocycles. The van der Waals surface area contributed by atoms with E-state index >= 15 is 0 Å². The first-order valence-corrected chi connectivity index (χ1v) is 10.6. The fourth-order valence-electron chi connectivity index (χ4n) is 2.54. The largest absolute Gasteiger partial charge is 0.493 e. The van der Waals surface area contributed by atoms with Crippen molar-refractivity contribution >= 4 is 79.0 Å². The van der Waals surface area contributed by atoms with Gasteiger partial charge in [0, 0.05) is 4.47 Å². The van der Waals surface area contributed by atoms with Gasteiger partial charge in [0.15, 0.2) is 11.5 Å². The second kappa shape index (κ2) is 9.38. The minimum atomic E-state index is -0.869. The molecule has 0 spiro atoms. The number of amides is 4. The van der Waals surface area contributed by atoms with Crippen molar-refractivity contribution in [2.75, 3.05) is 7.11 Å². The minimum Gasteiger partial charge on any atom is -0.493 e. The lowest BCUT2D eigenvalue weighted by molar-refractivity contribution is -0.123. The molecule has 0 aliphatic carbocycles. The SMILES string of the molecule is COc1cc(C=C2C(=O)NC(=O)NC2=O)c(Br)c(Br)c1OCc1ccc(Cl)c(Cl)c1. The number of nitrogens with one attached hydrogen (secondary N) is 2.